The van der Waals surface area contributed by atoms with Gasteiger partial charge in [-0.1, -0.05) is 0 Å². The maximum Gasteiger partial charge on any atom is 0.223 e. The van der Waals surface area contributed by atoms with E-state index >= 15 is 0 Å². The van der Waals surface area contributed by atoms with Crippen molar-refractivity contribution in [3.8, 4) is 0 Å². The molecule has 0 aromatic carbocycles. The van der Waals surface area contributed by atoms with Crippen LogP contribution in [-0.4, -0.2) is 29.7 Å². The van der Waals surface area contributed by atoms with Crippen LogP contribution in [0.2, 0.25) is 0 Å². The van der Waals surface area contributed by atoms with Gasteiger partial charge in [0, 0.05) is 31.1 Å². The molecule has 0 aliphatic carbocycles. The topological polar surface area (TPSA) is 47.0 Å². The number of anilines is 1. The molecule has 0 aliphatic heterocycles. The van der Waals surface area contributed by atoms with Gasteiger partial charge in [0.05, 0.1) is 0 Å². The fourth-order valence-electron chi connectivity index (χ4n) is 1.38. The zero-order chi connectivity index (χ0) is 11.3. The highest BCUT2D eigenvalue weighted by Crippen LogP contribution is 2.06. The van der Waals surface area contributed by atoms with Gasteiger partial charge >= 0.3 is 0 Å². The molecule has 1 aromatic rings. The van der Waals surface area contributed by atoms with Gasteiger partial charge in [-0.25, -0.2) is 9.97 Å². The summed E-state index contributed by atoms with van der Waals surface area (Å²) in [6.45, 7) is 6.79. The zero-order valence-corrected chi connectivity index (χ0v) is 9.87. The van der Waals surface area contributed by atoms with E-state index in [-0.39, 0.29) is 0 Å². The van der Waals surface area contributed by atoms with E-state index in [2.05, 4.69) is 22.2 Å². The first-order valence-corrected chi connectivity index (χ1v) is 5.19. The fourth-order valence-corrected chi connectivity index (χ4v) is 1.38. The standard InChI is InChI=1S/C11H19N3O/c1-8(5-6-15-4)12-11-13-9(2)7-10(3)14-11/h7-8H,5-6H2,1-4H3,(H,12,13,14). The fraction of sp³-hybridized carbons (Fsp3) is 0.636. The molecule has 4 nitrogen and oxygen atoms in total. The third-order valence-electron chi connectivity index (χ3n) is 2.11. The van der Waals surface area contributed by atoms with Crippen LogP contribution in [0.3, 0.4) is 0 Å². The Morgan fingerprint density at radius 2 is 1.93 bits per heavy atom. The first-order chi connectivity index (χ1) is 7.11. The summed E-state index contributed by atoms with van der Waals surface area (Å²) in [4.78, 5) is 8.64. The lowest BCUT2D eigenvalue weighted by atomic mass is 10.2. The van der Waals surface area contributed by atoms with Crippen LogP contribution in [0.5, 0.6) is 0 Å². The Labute approximate surface area is 91.1 Å². The van der Waals surface area contributed by atoms with Gasteiger partial charge in [0.2, 0.25) is 5.95 Å². The number of hydrogen-bond acceptors (Lipinski definition) is 4. The van der Waals surface area contributed by atoms with Gasteiger partial charge in [-0.2, -0.15) is 0 Å². The predicted octanol–water partition coefficient (Wildman–Crippen LogP) is 1.93. The van der Waals surface area contributed by atoms with Crippen molar-refractivity contribution in [3.05, 3.63) is 17.5 Å². The molecular formula is C11H19N3O. The Bertz CT molecular complexity index is 294. The van der Waals surface area contributed by atoms with Crippen molar-refractivity contribution in [2.75, 3.05) is 19.0 Å². The van der Waals surface area contributed by atoms with Gasteiger partial charge < -0.3 is 10.1 Å². The largest absolute Gasteiger partial charge is 0.385 e. The third kappa shape index (κ3) is 4.25. The second-order valence-corrected chi connectivity index (χ2v) is 3.80. The van der Waals surface area contributed by atoms with Crippen LogP contribution in [0, 0.1) is 13.8 Å². The summed E-state index contributed by atoms with van der Waals surface area (Å²) in [6.07, 6.45) is 0.951. The van der Waals surface area contributed by atoms with Crippen LogP contribution in [0.4, 0.5) is 5.95 Å². The highest BCUT2D eigenvalue weighted by atomic mass is 16.5. The Morgan fingerprint density at radius 1 is 1.33 bits per heavy atom. The molecule has 0 saturated carbocycles. The van der Waals surface area contributed by atoms with Crippen molar-refractivity contribution in [1.29, 1.82) is 0 Å². The van der Waals surface area contributed by atoms with Gasteiger partial charge in [0.25, 0.3) is 0 Å². The molecule has 1 atom stereocenters. The summed E-state index contributed by atoms with van der Waals surface area (Å²) in [5.74, 6) is 0.705. The van der Waals surface area contributed by atoms with E-state index in [0.717, 1.165) is 24.4 Å². The smallest absolute Gasteiger partial charge is 0.223 e. The van der Waals surface area contributed by atoms with Crippen LogP contribution in [0.1, 0.15) is 24.7 Å². The molecule has 0 radical (unpaired) electrons. The minimum Gasteiger partial charge on any atom is -0.385 e. The van der Waals surface area contributed by atoms with E-state index < -0.39 is 0 Å². The average molecular weight is 209 g/mol. The highest BCUT2D eigenvalue weighted by molar-refractivity contribution is 5.28. The summed E-state index contributed by atoms with van der Waals surface area (Å²) < 4.78 is 5.02. The monoisotopic (exact) mass is 209 g/mol. The van der Waals surface area contributed by atoms with E-state index in [1.165, 1.54) is 0 Å². The van der Waals surface area contributed by atoms with Crippen LogP contribution in [-0.2, 0) is 4.74 Å². The Balaban J connectivity index is 2.56. The number of nitrogens with one attached hydrogen (secondary N) is 1. The van der Waals surface area contributed by atoms with Gasteiger partial charge in [-0.3, -0.25) is 0 Å². The normalized spacial score (nSPS) is 12.5. The van der Waals surface area contributed by atoms with Crippen LogP contribution in [0.15, 0.2) is 6.07 Å². The summed E-state index contributed by atoms with van der Waals surface area (Å²) >= 11 is 0. The van der Waals surface area contributed by atoms with Crippen molar-refractivity contribution < 1.29 is 4.74 Å². The molecule has 1 rings (SSSR count). The third-order valence-corrected chi connectivity index (χ3v) is 2.11. The first kappa shape index (κ1) is 11.9. The van der Waals surface area contributed by atoms with Crippen molar-refractivity contribution in [2.45, 2.75) is 33.2 Å². The number of methoxy groups -OCH3 is 1. The van der Waals surface area contributed by atoms with E-state index in [4.69, 9.17) is 4.74 Å². The summed E-state index contributed by atoms with van der Waals surface area (Å²) in [6, 6.07) is 2.29. The number of aryl methyl sites for hydroxylation is 2. The number of ether oxygens (including phenoxy) is 1. The predicted molar refractivity (Wildman–Crippen MR) is 61.1 cm³/mol. The quantitative estimate of drug-likeness (QED) is 0.805. The molecule has 1 aromatic heterocycles. The number of rotatable bonds is 5. The maximum atomic E-state index is 5.02. The minimum absolute atomic E-state index is 0.325. The van der Waals surface area contributed by atoms with Gasteiger partial charge in [-0.15, -0.1) is 0 Å². The molecule has 0 aliphatic rings. The molecule has 0 saturated heterocycles. The van der Waals surface area contributed by atoms with E-state index in [0.29, 0.717) is 12.0 Å². The molecular weight excluding hydrogens is 190 g/mol. The molecule has 84 valence electrons. The highest BCUT2D eigenvalue weighted by Gasteiger charge is 2.04. The molecule has 1 heterocycles. The molecule has 0 amide bonds. The number of hydrogen-bond donors (Lipinski definition) is 1. The minimum atomic E-state index is 0.325. The van der Waals surface area contributed by atoms with E-state index in [9.17, 15) is 0 Å². The van der Waals surface area contributed by atoms with E-state index in [1.54, 1.807) is 7.11 Å². The first-order valence-electron chi connectivity index (χ1n) is 5.19. The average Bonchev–Trinajstić information content (AvgIpc) is 2.13. The zero-order valence-electron chi connectivity index (χ0n) is 9.87. The maximum absolute atomic E-state index is 5.02. The molecule has 0 bridgehead atoms. The molecule has 0 spiro atoms. The summed E-state index contributed by atoms with van der Waals surface area (Å²) in [5.41, 5.74) is 1.98. The second kappa shape index (κ2) is 5.66. The Kier molecular flexibility index (Phi) is 4.49. The molecule has 4 heteroatoms. The summed E-state index contributed by atoms with van der Waals surface area (Å²) in [5, 5.41) is 3.26. The number of nitrogens with zero attached hydrogens (tertiary/aromatic N) is 2. The Hall–Kier alpha value is -1.16. The van der Waals surface area contributed by atoms with Crippen molar-refractivity contribution in [2.24, 2.45) is 0 Å². The second-order valence-electron chi connectivity index (χ2n) is 3.80. The van der Waals surface area contributed by atoms with Crippen LogP contribution < -0.4 is 5.32 Å². The lowest BCUT2D eigenvalue weighted by Gasteiger charge is -2.13. The molecule has 15 heavy (non-hydrogen) atoms. The van der Waals surface area contributed by atoms with Crippen molar-refractivity contribution in [3.63, 3.8) is 0 Å². The SMILES string of the molecule is COCCC(C)Nc1nc(C)cc(C)n1. The molecule has 0 fully saturated rings. The Morgan fingerprint density at radius 3 is 2.47 bits per heavy atom. The van der Waals surface area contributed by atoms with Gasteiger partial charge in [-0.05, 0) is 33.3 Å². The van der Waals surface area contributed by atoms with Crippen molar-refractivity contribution >= 4 is 5.95 Å². The van der Waals surface area contributed by atoms with E-state index in [1.807, 2.05) is 19.9 Å². The molecule has 1 N–H and O–H groups in total. The van der Waals surface area contributed by atoms with Gasteiger partial charge in [0.1, 0.15) is 0 Å². The van der Waals surface area contributed by atoms with Crippen molar-refractivity contribution in [1.82, 2.24) is 9.97 Å². The van der Waals surface area contributed by atoms with Crippen LogP contribution >= 0.6 is 0 Å². The van der Waals surface area contributed by atoms with Gasteiger partial charge in [0.15, 0.2) is 0 Å². The summed E-state index contributed by atoms with van der Waals surface area (Å²) in [7, 11) is 1.71. The van der Waals surface area contributed by atoms with Crippen LogP contribution in [0.25, 0.3) is 0 Å². The lowest BCUT2D eigenvalue weighted by molar-refractivity contribution is 0.191. The number of aromatic nitrogens is 2. The lowest BCUT2D eigenvalue weighted by Crippen LogP contribution is -2.19. The molecule has 1 unspecified atom stereocenters.